The molecule has 11 heteroatoms. The lowest BCUT2D eigenvalue weighted by molar-refractivity contribution is -0.161. The summed E-state index contributed by atoms with van der Waals surface area (Å²) in [5.74, 6) is -2.62. The number of esters is 3. The average Bonchev–Trinajstić information content (AvgIpc) is 3.76. The van der Waals surface area contributed by atoms with Gasteiger partial charge in [-0.1, -0.05) is 0 Å². The summed E-state index contributed by atoms with van der Waals surface area (Å²) in [5, 5.41) is 0. The van der Waals surface area contributed by atoms with Crippen LogP contribution in [0.4, 0.5) is 0 Å². The van der Waals surface area contributed by atoms with E-state index in [2.05, 4.69) is 0 Å². The van der Waals surface area contributed by atoms with Crippen molar-refractivity contribution in [3.63, 3.8) is 0 Å². The van der Waals surface area contributed by atoms with Crippen molar-refractivity contribution in [3.05, 3.63) is 0 Å². The highest BCUT2D eigenvalue weighted by atomic mass is 16.5. The van der Waals surface area contributed by atoms with Crippen LogP contribution in [0.25, 0.3) is 0 Å². The molecule has 0 spiro atoms. The zero-order valence-corrected chi connectivity index (χ0v) is 22.2. The Hall–Kier alpha value is -2.98. The number of Topliss-reactive ketones (excluding diaryl/α,β-unsaturated/α-hetero) is 1. The molecule has 2 aliphatic carbocycles. The summed E-state index contributed by atoms with van der Waals surface area (Å²) in [7, 11) is 0. The second kappa shape index (κ2) is 15.3. The molecule has 2 saturated carbocycles. The number of likely N-dealkylation sites (tertiary alicyclic amines) is 1. The molecule has 0 N–H and O–H groups in total. The largest absolute Gasteiger partial charge is 0.466 e. The molecule has 0 aromatic carbocycles. The first-order valence-electron chi connectivity index (χ1n) is 13.3. The van der Waals surface area contributed by atoms with E-state index in [0.29, 0.717) is 44.6 Å². The molecule has 1 saturated heterocycles. The second-order valence-electron chi connectivity index (χ2n) is 9.45. The van der Waals surface area contributed by atoms with E-state index in [1.807, 2.05) is 0 Å². The van der Waals surface area contributed by atoms with Crippen LogP contribution in [0.1, 0.15) is 65.7 Å². The number of carbonyl (C=O) groups is 6. The van der Waals surface area contributed by atoms with Crippen molar-refractivity contribution in [2.75, 3.05) is 46.0 Å². The fourth-order valence-corrected chi connectivity index (χ4v) is 3.91. The maximum Gasteiger partial charge on any atom is 0.326 e. The van der Waals surface area contributed by atoms with E-state index in [1.165, 1.54) is 0 Å². The predicted octanol–water partition coefficient (Wildman–Crippen LogP) is 1.51. The molecule has 3 rings (SSSR count). The van der Waals surface area contributed by atoms with Crippen LogP contribution in [0.2, 0.25) is 0 Å². The highest BCUT2D eigenvalue weighted by Gasteiger charge is 2.42. The molecule has 3 aliphatic rings. The van der Waals surface area contributed by atoms with Gasteiger partial charge in [-0.15, -0.1) is 0 Å². The fraction of sp³-hybridized carbons (Fsp3) is 0.769. The molecule has 37 heavy (non-hydrogen) atoms. The van der Waals surface area contributed by atoms with Gasteiger partial charge in [0, 0.05) is 32.6 Å². The van der Waals surface area contributed by atoms with Gasteiger partial charge in [0.05, 0.1) is 26.2 Å². The molecule has 11 nitrogen and oxygen atoms in total. The number of nitrogens with zero attached hydrogens (tertiary/aromatic N) is 2. The van der Waals surface area contributed by atoms with Crippen LogP contribution in [0, 0.1) is 17.8 Å². The van der Waals surface area contributed by atoms with Crippen molar-refractivity contribution >= 4 is 35.5 Å². The van der Waals surface area contributed by atoms with Crippen molar-refractivity contribution in [2.45, 2.75) is 65.7 Å². The van der Waals surface area contributed by atoms with Gasteiger partial charge in [-0.25, -0.2) is 0 Å². The van der Waals surface area contributed by atoms with Crippen molar-refractivity contribution in [2.24, 2.45) is 17.8 Å². The van der Waals surface area contributed by atoms with Gasteiger partial charge < -0.3 is 24.0 Å². The number of piperidine rings is 1. The molecule has 208 valence electrons. The molecule has 0 bridgehead atoms. The molecular weight excluding hydrogens is 484 g/mol. The quantitative estimate of drug-likeness (QED) is 0.199. The van der Waals surface area contributed by atoms with Gasteiger partial charge in [0.15, 0.2) is 11.7 Å². The van der Waals surface area contributed by atoms with E-state index in [0.717, 1.165) is 25.7 Å². The van der Waals surface area contributed by atoms with E-state index >= 15 is 0 Å². The molecule has 1 heterocycles. The highest BCUT2D eigenvalue weighted by molar-refractivity contribution is 6.17. The van der Waals surface area contributed by atoms with Gasteiger partial charge in [0.2, 0.25) is 11.8 Å². The third-order valence-corrected chi connectivity index (χ3v) is 6.23. The molecular formula is C26H40N2O9. The van der Waals surface area contributed by atoms with Gasteiger partial charge in [-0.05, 0) is 58.3 Å². The first-order valence-corrected chi connectivity index (χ1v) is 13.3. The van der Waals surface area contributed by atoms with E-state index < -0.39 is 17.9 Å². The smallest absolute Gasteiger partial charge is 0.326 e. The van der Waals surface area contributed by atoms with Crippen molar-refractivity contribution in [3.8, 4) is 0 Å². The zero-order valence-electron chi connectivity index (χ0n) is 22.2. The molecule has 0 aromatic heterocycles. The minimum Gasteiger partial charge on any atom is -0.466 e. The van der Waals surface area contributed by atoms with Crippen LogP contribution in [-0.4, -0.2) is 91.3 Å². The lowest BCUT2D eigenvalue weighted by Gasteiger charge is -2.30. The summed E-state index contributed by atoms with van der Waals surface area (Å²) in [6, 6.07) is 0. The van der Waals surface area contributed by atoms with Crippen molar-refractivity contribution < 1.29 is 43.0 Å². The minimum absolute atomic E-state index is 0.162. The molecule has 0 radical (unpaired) electrons. The fourth-order valence-electron chi connectivity index (χ4n) is 3.91. The Bertz CT molecular complexity index is 836. The monoisotopic (exact) mass is 524 g/mol. The summed E-state index contributed by atoms with van der Waals surface area (Å²) >= 11 is 0. The molecule has 1 aliphatic heterocycles. The Morgan fingerprint density at radius 1 is 0.865 bits per heavy atom. The number of hydrogen-bond acceptors (Lipinski definition) is 9. The summed E-state index contributed by atoms with van der Waals surface area (Å²) in [4.78, 5) is 73.1. The predicted molar refractivity (Wildman–Crippen MR) is 131 cm³/mol. The lowest BCUT2D eigenvalue weighted by Crippen LogP contribution is -2.50. The van der Waals surface area contributed by atoms with E-state index in [9.17, 15) is 28.8 Å². The third kappa shape index (κ3) is 10.9. The van der Waals surface area contributed by atoms with Crippen LogP contribution < -0.4 is 0 Å². The first-order chi connectivity index (χ1) is 17.7. The average molecular weight is 525 g/mol. The molecule has 1 atom stereocenters. The third-order valence-electron chi connectivity index (χ3n) is 6.23. The lowest BCUT2D eigenvalue weighted by atomic mass is 9.95. The second-order valence-corrected chi connectivity index (χ2v) is 9.45. The number of carbonyl (C=O) groups excluding carboxylic acids is 6. The van der Waals surface area contributed by atoms with Gasteiger partial charge in [-0.3, -0.25) is 28.8 Å². The van der Waals surface area contributed by atoms with Crippen LogP contribution in [0.3, 0.4) is 0 Å². The number of ketones is 1. The van der Waals surface area contributed by atoms with Crippen LogP contribution in [0.15, 0.2) is 0 Å². The Labute approximate surface area is 218 Å². The van der Waals surface area contributed by atoms with Crippen molar-refractivity contribution in [1.29, 1.82) is 0 Å². The summed E-state index contributed by atoms with van der Waals surface area (Å²) in [5.41, 5.74) is 0. The molecule has 3 fully saturated rings. The van der Waals surface area contributed by atoms with Gasteiger partial charge in [0.1, 0.15) is 6.42 Å². The topological polar surface area (TPSA) is 137 Å². The van der Waals surface area contributed by atoms with E-state index in [4.69, 9.17) is 14.2 Å². The van der Waals surface area contributed by atoms with Gasteiger partial charge >= 0.3 is 17.9 Å². The maximum atomic E-state index is 12.0. The highest BCUT2D eigenvalue weighted by Crippen LogP contribution is 2.31. The van der Waals surface area contributed by atoms with Crippen LogP contribution in [-0.2, 0) is 43.0 Å². The Morgan fingerprint density at radius 3 is 2.03 bits per heavy atom. The minimum atomic E-state index is -1.21. The normalized spacial score (nSPS) is 18.9. The number of ether oxygens (including phenoxy) is 3. The molecule has 0 aromatic rings. The van der Waals surface area contributed by atoms with Gasteiger partial charge in [0.25, 0.3) is 0 Å². The standard InChI is InChI=1S/C14H23NO5.C12H17NO4/c1-3-19-13(17)7-8-15(10-11-5-6-11)12(16)9-14(18)20-4-2;1-2-17-12(16)10-9(14)5-6-13(11(10)15)7-8-3-4-8/h11H,3-10H2,1-2H3;8,10H,2-7H2,1H3. The van der Waals surface area contributed by atoms with Crippen LogP contribution >= 0.6 is 0 Å². The summed E-state index contributed by atoms with van der Waals surface area (Å²) < 4.78 is 14.4. The number of rotatable bonds is 13. The summed E-state index contributed by atoms with van der Waals surface area (Å²) in [6.45, 7) is 7.93. The Morgan fingerprint density at radius 2 is 1.46 bits per heavy atom. The first kappa shape index (κ1) is 30.2. The van der Waals surface area contributed by atoms with E-state index in [-0.39, 0.29) is 56.0 Å². The van der Waals surface area contributed by atoms with Gasteiger partial charge in [-0.2, -0.15) is 0 Å². The Kier molecular flexibility index (Phi) is 12.5. The number of amides is 2. The number of hydrogen-bond donors (Lipinski definition) is 0. The maximum absolute atomic E-state index is 12.0. The van der Waals surface area contributed by atoms with Crippen LogP contribution in [0.5, 0.6) is 0 Å². The molecule has 2 amide bonds. The Balaban J connectivity index is 0.000000263. The SMILES string of the molecule is CCOC(=O)C1C(=O)CCN(CC2CC2)C1=O.CCOC(=O)CCN(CC1CC1)C(=O)CC(=O)OCC. The zero-order chi connectivity index (χ0) is 27.4. The van der Waals surface area contributed by atoms with Crippen molar-refractivity contribution in [1.82, 2.24) is 9.80 Å². The molecule has 1 unspecified atom stereocenters. The van der Waals surface area contributed by atoms with E-state index in [1.54, 1.807) is 30.6 Å². The summed E-state index contributed by atoms with van der Waals surface area (Å²) in [6.07, 6.45) is 4.65.